The predicted molar refractivity (Wildman–Crippen MR) is 116 cm³/mol. The zero-order chi connectivity index (χ0) is 20.2. The van der Waals surface area contributed by atoms with Crippen molar-refractivity contribution in [2.24, 2.45) is 20.5 Å². The highest BCUT2D eigenvalue weighted by molar-refractivity contribution is 5.95. The molecule has 0 aliphatic heterocycles. The van der Waals surface area contributed by atoms with Gasteiger partial charge in [-0.05, 0) is 66.8 Å². The van der Waals surface area contributed by atoms with Crippen LogP contribution in [0.1, 0.15) is 11.1 Å². The fourth-order valence-corrected chi connectivity index (χ4v) is 3.07. The Hall–Kier alpha value is -3.86. The molecule has 0 saturated carbocycles. The van der Waals surface area contributed by atoms with Gasteiger partial charge in [0.05, 0.1) is 17.1 Å². The van der Waals surface area contributed by atoms with Crippen LogP contribution in [0, 0.1) is 13.8 Å². The van der Waals surface area contributed by atoms with Crippen LogP contribution in [0.2, 0.25) is 0 Å². The summed E-state index contributed by atoms with van der Waals surface area (Å²) in [4.78, 5) is 0. The van der Waals surface area contributed by atoms with E-state index in [2.05, 4.69) is 20.5 Å². The van der Waals surface area contributed by atoms with Crippen LogP contribution >= 0.6 is 0 Å². The van der Waals surface area contributed by atoms with Crippen LogP contribution in [0.15, 0.2) is 99.3 Å². The van der Waals surface area contributed by atoms with Crippen molar-refractivity contribution >= 4 is 33.5 Å². The molecule has 29 heavy (non-hydrogen) atoms. The van der Waals surface area contributed by atoms with Crippen molar-refractivity contribution in [1.82, 2.24) is 0 Å². The highest BCUT2D eigenvalue weighted by Crippen LogP contribution is 2.36. The number of fused-ring (bicyclic) bond motifs is 1. The average molecular weight is 380 g/mol. The molecule has 5 heteroatoms. The molecule has 0 aliphatic rings. The van der Waals surface area contributed by atoms with Gasteiger partial charge in [-0.25, -0.2) is 0 Å². The lowest BCUT2D eigenvalue weighted by atomic mass is 10.1. The highest BCUT2D eigenvalue weighted by Gasteiger charge is 2.06. The van der Waals surface area contributed by atoms with Gasteiger partial charge in [0.25, 0.3) is 0 Å². The molecule has 0 saturated heterocycles. The Morgan fingerprint density at radius 1 is 0.655 bits per heavy atom. The van der Waals surface area contributed by atoms with E-state index in [1.165, 1.54) is 0 Å². The molecule has 0 amide bonds. The van der Waals surface area contributed by atoms with Gasteiger partial charge in [0, 0.05) is 5.39 Å². The lowest BCUT2D eigenvalue weighted by molar-refractivity contribution is 0.477. The van der Waals surface area contributed by atoms with Crippen molar-refractivity contribution in [3.05, 3.63) is 90.0 Å². The number of aryl methyl sites for hydroxylation is 2. The molecule has 0 radical (unpaired) electrons. The largest absolute Gasteiger partial charge is 0.506 e. The number of nitrogens with zero attached hydrogens (tertiary/aromatic N) is 4. The lowest BCUT2D eigenvalue weighted by Crippen LogP contribution is -1.76. The van der Waals surface area contributed by atoms with E-state index in [4.69, 9.17) is 0 Å². The third-order valence-corrected chi connectivity index (χ3v) is 4.60. The molecule has 0 aliphatic carbocycles. The number of azo groups is 2. The normalized spacial score (nSPS) is 11.7. The molecule has 5 nitrogen and oxygen atoms in total. The topological polar surface area (TPSA) is 69.7 Å². The first-order chi connectivity index (χ1) is 14.1. The van der Waals surface area contributed by atoms with Crippen molar-refractivity contribution in [3.63, 3.8) is 0 Å². The molecule has 142 valence electrons. The molecule has 0 aromatic heterocycles. The van der Waals surface area contributed by atoms with E-state index in [-0.39, 0.29) is 5.75 Å². The maximum atomic E-state index is 10.2. The second kappa shape index (κ2) is 8.02. The van der Waals surface area contributed by atoms with Gasteiger partial charge in [-0.2, -0.15) is 15.3 Å². The number of benzene rings is 4. The van der Waals surface area contributed by atoms with Gasteiger partial charge in [0.15, 0.2) is 0 Å². The Morgan fingerprint density at radius 2 is 1.45 bits per heavy atom. The van der Waals surface area contributed by atoms with E-state index >= 15 is 0 Å². The molecular formula is C24H20N4O. The van der Waals surface area contributed by atoms with Gasteiger partial charge in [0.2, 0.25) is 0 Å². The van der Waals surface area contributed by atoms with Gasteiger partial charge >= 0.3 is 0 Å². The fourth-order valence-electron chi connectivity index (χ4n) is 3.07. The van der Waals surface area contributed by atoms with Crippen molar-refractivity contribution in [2.45, 2.75) is 13.8 Å². The summed E-state index contributed by atoms with van der Waals surface area (Å²) >= 11 is 0. The molecule has 4 aromatic rings. The van der Waals surface area contributed by atoms with Crippen LogP contribution < -0.4 is 0 Å². The van der Waals surface area contributed by atoms with Crippen molar-refractivity contribution < 1.29 is 5.11 Å². The Balaban J connectivity index is 1.60. The van der Waals surface area contributed by atoms with Gasteiger partial charge < -0.3 is 5.11 Å². The number of phenolic OH excluding ortho intramolecular Hbond substituents is 1. The molecule has 0 atom stereocenters. The van der Waals surface area contributed by atoms with Crippen LogP contribution in [0.3, 0.4) is 0 Å². The number of hydrogen-bond donors (Lipinski definition) is 1. The Bertz CT molecular complexity index is 1240. The minimum absolute atomic E-state index is 0.104. The summed E-state index contributed by atoms with van der Waals surface area (Å²) in [5.41, 5.74) is 4.83. The Morgan fingerprint density at radius 3 is 2.28 bits per heavy atom. The van der Waals surface area contributed by atoms with Gasteiger partial charge in [0.1, 0.15) is 11.4 Å². The molecular weight excluding hydrogens is 360 g/mol. The SMILES string of the molecule is Cc1cccc(/N=N/c2ccc(/N=N/c3c(O)ccc4ccccc34)cc2C)c1. The van der Waals surface area contributed by atoms with Crippen LogP contribution in [-0.4, -0.2) is 5.11 Å². The zero-order valence-corrected chi connectivity index (χ0v) is 16.2. The van der Waals surface area contributed by atoms with Crippen molar-refractivity contribution in [1.29, 1.82) is 0 Å². The number of phenols is 1. The third-order valence-electron chi connectivity index (χ3n) is 4.60. The molecule has 1 N–H and O–H groups in total. The third kappa shape index (κ3) is 4.19. The number of aromatic hydroxyl groups is 1. The summed E-state index contributed by atoms with van der Waals surface area (Å²) in [5.74, 6) is 0.104. The second-order valence-electron chi connectivity index (χ2n) is 6.86. The van der Waals surface area contributed by atoms with E-state index in [1.54, 1.807) is 6.07 Å². The molecule has 0 fully saturated rings. The second-order valence-corrected chi connectivity index (χ2v) is 6.86. The monoisotopic (exact) mass is 380 g/mol. The fraction of sp³-hybridized carbons (Fsp3) is 0.0833. The molecule has 0 spiro atoms. The molecule has 4 rings (SSSR count). The lowest BCUT2D eigenvalue weighted by Gasteiger charge is -2.04. The maximum absolute atomic E-state index is 10.2. The van der Waals surface area contributed by atoms with E-state index in [1.807, 2.05) is 86.6 Å². The summed E-state index contributed by atoms with van der Waals surface area (Å²) in [5, 5.41) is 29.3. The summed E-state index contributed by atoms with van der Waals surface area (Å²) in [6.07, 6.45) is 0. The summed E-state index contributed by atoms with van der Waals surface area (Å²) in [6, 6.07) is 24.8. The molecule has 4 aromatic carbocycles. The summed E-state index contributed by atoms with van der Waals surface area (Å²) < 4.78 is 0. The standard InChI is InChI=1S/C24H20N4O/c1-16-6-5-8-19(14-16)25-27-22-12-11-20(15-17(22)2)26-28-24-21-9-4-3-7-18(21)10-13-23(24)29/h3-15,29H,1-2H3/b27-25+,28-26+. The smallest absolute Gasteiger partial charge is 0.143 e. The minimum atomic E-state index is 0.104. The van der Waals surface area contributed by atoms with Gasteiger partial charge in [-0.3, -0.25) is 0 Å². The number of hydrogen-bond acceptors (Lipinski definition) is 5. The van der Waals surface area contributed by atoms with E-state index < -0.39 is 0 Å². The maximum Gasteiger partial charge on any atom is 0.143 e. The first-order valence-electron chi connectivity index (χ1n) is 9.32. The van der Waals surface area contributed by atoms with E-state index in [0.717, 1.165) is 33.3 Å². The van der Waals surface area contributed by atoms with E-state index in [9.17, 15) is 5.11 Å². The number of rotatable bonds is 4. The van der Waals surface area contributed by atoms with E-state index in [0.29, 0.717) is 11.4 Å². The quantitative estimate of drug-likeness (QED) is 0.358. The van der Waals surface area contributed by atoms with Gasteiger partial charge in [-0.1, -0.05) is 42.5 Å². The van der Waals surface area contributed by atoms with Crippen LogP contribution in [0.5, 0.6) is 5.75 Å². The van der Waals surface area contributed by atoms with Crippen LogP contribution in [0.4, 0.5) is 22.7 Å². The average Bonchev–Trinajstić information content (AvgIpc) is 2.72. The van der Waals surface area contributed by atoms with Crippen LogP contribution in [0.25, 0.3) is 10.8 Å². The first kappa shape index (κ1) is 18.5. The van der Waals surface area contributed by atoms with Crippen molar-refractivity contribution in [3.8, 4) is 5.75 Å². The first-order valence-corrected chi connectivity index (χ1v) is 9.32. The predicted octanol–water partition coefficient (Wildman–Crippen LogP) is 7.99. The molecule has 0 unspecified atom stereocenters. The van der Waals surface area contributed by atoms with Gasteiger partial charge in [-0.15, -0.1) is 5.11 Å². The molecule has 0 heterocycles. The van der Waals surface area contributed by atoms with Crippen molar-refractivity contribution in [2.75, 3.05) is 0 Å². The Kier molecular flexibility index (Phi) is 5.12. The minimum Gasteiger partial charge on any atom is -0.506 e. The van der Waals surface area contributed by atoms with Crippen LogP contribution in [-0.2, 0) is 0 Å². The summed E-state index contributed by atoms with van der Waals surface area (Å²) in [7, 11) is 0. The molecule has 0 bridgehead atoms. The Labute approximate surface area is 169 Å². The zero-order valence-electron chi connectivity index (χ0n) is 16.2. The summed E-state index contributed by atoms with van der Waals surface area (Å²) in [6.45, 7) is 3.98. The highest BCUT2D eigenvalue weighted by atomic mass is 16.3.